The summed E-state index contributed by atoms with van der Waals surface area (Å²) in [6.07, 6.45) is 5.07. The van der Waals surface area contributed by atoms with E-state index in [0.29, 0.717) is 6.54 Å². The van der Waals surface area contributed by atoms with Crippen molar-refractivity contribution in [3.63, 3.8) is 0 Å². The molecule has 0 saturated carbocycles. The van der Waals surface area contributed by atoms with Crippen LogP contribution in [-0.4, -0.2) is 22.7 Å². The van der Waals surface area contributed by atoms with E-state index in [1.807, 2.05) is 12.1 Å². The Kier molecular flexibility index (Phi) is 4.26. The van der Waals surface area contributed by atoms with Crippen LogP contribution in [0.15, 0.2) is 24.5 Å². The van der Waals surface area contributed by atoms with Gasteiger partial charge >= 0.3 is 0 Å². The highest BCUT2D eigenvalue weighted by Crippen LogP contribution is 2.04. The van der Waals surface area contributed by atoms with Gasteiger partial charge < -0.3 is 10.4 Å². The maximum atomic E-state index is 9.43. The second-order valence-electron chi connectivity index (χ2n) is 3.06. The predicted molar refractivity (Wildman–Crippen MR) is 53.6 cm³/mol. The molecule has 0 aliphatic carbocycles. The average molecular weight is 180 g/mol. The van der Waals surface area contributed by atoms with E-state index in [2.05, 4.69) is 17.2 Å². The van der Waals surface area contributed by atoms with Crippen LogP contribution in [0.4, 0.5) is 5.69 Å². The summed E-state index contributed by atoms with van der Waals surface area (Å²) in [5.41, 5.74) is 1.00. The van der Waals surface area contributed by atoms with Gasteiger partial charge in [0.25, 0.3) is 0 Å². The van der Waals surface area contributed by atoms with E-state index < -0.39 is 0 Å². The minimum atomic E-state index is -0.252. The number of aliphatic hydroxyl groups is 1. The van der Waals surface area contributed by atoms with Crippen LogP contribution in [0.5, 0.6) is 0 Å². The van der Waals surface area contributed by atoms with Gasteiger partial charge in [-0.05, 0) is 18.6 Å². The molecule has 3 heteroatoms. The molecule has 1 unspecified atom stereocenters. The summed E-state index contributed by atoms with van der Waals surface area (Å²) in [5.74, 6) is 0. The zero-order valence-electron chi connectivity index (χ0n) is 7.90. The molecule has 1 aromatic heterocycles. The van der Waals surface area contributed by atoms with Crippen LogP contribution in [0.1, 0.15) is 19.8 Å². The second kappa shape index (κ2) is 5.54. The molecule has 1 atom stereocenters. The summed E-state index contributed by atoms with van der Waals surface area (Å²) in [6, 6.07) is 3.78. The van der Waals surface area contributed by atoms with E-state index in [1.54, 1.807) is 12.4 Å². The summed E-state index contributed by atoms with van der Waals surface area (Å²) in [6.45, 7) is 2.67. The van der Waals surface area contributed by atoms with E-state index in [4.69, 9.17) is 0 Å². The Balaban J connectivity index is 2.27. The number of aliphatic hydroxyl groups excluding tert-OH is 1. The van der Waals surface area contributed by atoms with Crippen molar-refractivity contribution in [1.29, 1.82) is 0 Å². The van der Waals surface area contributed by atoms with Crippen LogP contribution in [-0.2, 0) is 0 Å². The molecular formula is C10H16N2O. The van der Waals surface area contributed by atoms with Crippen LogP contribution in [0.25, 0.3) is 0 Å². The van der Waals surface area contributed by atoms with Crippen molar-refractivity contribution >= 4 is 5.69 Å². The largest absolute Gasteiger partial charge is 0.391 e. The number of nitrogens with one attached hydrogen (secondary N) is 1. The quantitative estimate of drug-likeness (QED) is 0.724. The molecule has 1 heterocycles. The Morgan fingerprint density at radius 3 is 2.77 bits per heavy atom. The smallest absolute Gasteiger partial charge is 0.0712 e. The number of rotatable bonds is 5. The molecule has 13 heavy (non-hydrogen) atoms. The number of nitrogens with zero attached hydrogens (tertiary/aromatic N) is 1. The van der Waals surface area contributed by atoms with Crippen LogP contribution in [0.3, 0.4) is 0 Å². The zero-order valence-corrected chi connectivity index (χ0v) is 7.90. The van der Waals surface area contributed by atoms with Crippen molar-refractivity contribution in [3.05, 3.63) is 24.5 Å². The third kappa shape index (κ3) is 3.90. The van der Waals surface area contributed by atoms with Gasteiger partial charge in [-0.15, -0.1) is 0 Å². The average Bonchev–Trinajstić information content (AvgIpc) is 2.17. The lowest BCUT2D eigenvalue weighted by atomic mass is 10.2. The third-order valence-corrected chi connectivity index (χ3v) is 1.84. The highest BCUT2D eigenvalue weighted by Gasteiger charge is 2.00. The van der Waals surface area contributed by atoms with Gasteiger partial charge in [0.15, 0.2) is 0 Å². The van der Waals surface area contributed by atoms with Crippen molar-refractivity contribution in [1.82, 2.24) is 4.98 Å². The van der Waals surface area contributed by atoms with E-state index >= 15 is 0 Å². The van der Waals surface area contributed by atoms with Crippen LogP contribution >= 0.6 is 0 Å². The summed E-state index contributed by atoms with van der Waals surface area (Å²) in [7, 11) is 0. The van der Waals surface area contributed by atoms with Gasteiger partial charge in [-0.3, -0.25) is 4.98 Å². The Bertz CT molecular complexity index is 226. The molecule has 0 amide bonds. The molecule has 0 aliphatic heterocycles. The van der Waals surface area contributed by atoms with Crippen LogP contribution in [0.2, 0.25) is 0 Å². The van der Waals surface area contributed by atoms with Crippen molar-refractivity contribution in [3.8, 4) is 0 Å². The number of anilines is 1. The fourth-order valence-electron chi connectivity index (χ4n) is 1.14. The molecule has 1 aromatic rings. The molecule has 72 valence electrons. The lowest BCUT2D eigenvalue weighted by molar-refractivity contribution is 0.176. The van der Waals surface area contributed by atoms with Gasteiger partial charge in [0.1, 0.15) is 0 Å². The Labute approximate surface area is 78.8 Å². The lowest BCUT2D eigenvalue weighted by Crippen LogP contribution is -2.18. The summed E-state index contributed by atoms with van der Waals surface area (Å²) < 4.78 is 0. The molecule has 0 aliphatic rings. The highest BCUT2D eigenvalue weighted by atomic mass is 16.3. The Hall–Kier alpha value is -1.09. The van der Waals surface area contributed by atoms with Crippen molar-refractivity contribution < 1.29 is 5.11 Å². The molecule has 0 aromatic carbocycles. The van der Waals surface area contributed by atoms with Gasteiger partial charge in [-0.2, -0.15) is 0 Å². The zero-order chi connectivity index (χ0) is 9.52. The lowest BCUT2D eigenvalue weighted by Gasteiger charge is -2.11. The van der Waals surface area contributed by atoms with Crippen molar-refractivity contribution in [2.75, 3.05) is 11.9 Å². The Morgan fingerprint density at radius 2 is 2.15 bits per heavy atom. The molecule has 0 spiro atoms. The van der Waals surface area contributed by atoms with Gasteiger partial charge in [-0.25, -0.2) is 0 Å². The first-order valence-electron chi connectivity index (χ1n) is 4.65. The second-order valence-corrected chi connectivity index (χ2v) is 3.06. The van der Waals surface area contributed by atoms with Gasteiger partial charge in [0, 0.05) is 24.6 Å². The number of hydrogen-bond donors (Lipinski definition) is 2. The first-order chi connectivity index (χ1) is 6.33. The monoisotopic (exact) mass is 180 g/mol. The molecule has 2 N–H and O–H groups in total. The molecule has 3 nitrogen and oxygen atoms in total. The van der Waals surface area contributed by atoms with Gasteiger partial charge in [0.05, 0.1) is 6.10 Å². The minimum absolute atomic E-state index is 0.252. The van der Waals surface area contributed by atoms with Crippen LogP contribution < -0.4 is 5.32 Å². The van der Waals surface area contributed by atoms with Crippen LogP contribution in [0, 0.1) is 0 Å². The highest BCUT2D eigenvalue weighted by molar-refractivity contribution is 5.40. The van der Waals surface area contributed by atoms with Crippen molar-refractivity contribution in [2.45, 2.75) is 25.9 Å². The number of hydrogen-bond acceptors (Lipinski definition) is 3. The predicted octanol–water partition coefficient (Wildman–Crippen LogP) is 1.65. The van der Waals surface area contributed by atoms with Gasteiger partial charge in [-0.1, -0.05) is 13.3 Å². The summed E-state index contributed by atoms with van der Waals surface area (Å²) >= 11 is 0. The molecule has 0 saturated heterocycles. The molecule has 0 fully saturated rings. The number of pyridine rings is 1. The van der Waals surface area contributed by atoms with E-state index in [0.717, 1.165) is 18.5 Å². The Morgan fingerprint density at radius 1 is 1.46 bits per heavy atom. The number of aromatic nitrogens is 1. The standard InChI is InChI=1S/C10H16N2O/c1-2-3-10(13)8-12-9-4-6-11-7-5-9/h4-7,10,13H,2-3,8H2,1H3,(H,11,12). The molecule has 0 radical (unpaired) electrons. The van der Waals surface area contributed by atoms with E-state index in [-0.39, 0.29) is 6.10 Å². The molecule has 1 rings (SSSR count). The maximum absolute atomic E-state index is 9.43. The first kappa shape index (κ1) is 9.99. The molecule has 0 bridgehead atoms. The van der Waals surface area contributed by atoms with E-state index in [1.165, 1.54) is 0 Å². The maximum Gasteiger partial charge on any atom is 0.0712 e. The molecular weight excluding hydrogens is 164 g/mol. The topological polar surface area (TPSA) is 45.1 Å². The normalized spacial score (nSPS) is 12.5. The fourth-order valence-corrected chi connectivity index (χ4v) is 1.14. The SMILES string of the molecule is CCCC(O)CNc1ccncc1. The third-order valence-electron chi connectivity index (χ3n) is 1.84. The fraction of sp³-hybridized carbons (Fsp3) is 0.500. The minimum Gasteiger partial charge on any atom is -0.391 e. The van der Waals surface area contributed by atoms with Crippen molar-refractivity contribution in [2.24, 2.45) is 0 Å². The van der Waals surface area contributed by atoms with Gasteiger partial charge in [0.2, 0.25) is 0 Å². The summed E-state index contributed by atoms with van der Waals surface area (Å²) in [5, 5.41) is 12.6. The van der Waals surface area contributed by atoms with E-state index in [9.17, 15) is 5.11 Å². The first-order valence-corrected chi connectivity index (χ1v) is 4.65. The summed E-state index contributed by atoms with van der Waals surface area (Å²) in [4.78, 5) is 3.91.